The molecule has 0 unspecified atom stereocenters. The van der Waals surface area contributed by atoms with Crippen molar-refractivity contribution in [2.75, 3.05) is 29.7 Å². The van der Waals surface area contributed by atoms with Gasteiger partial charge in [0.05, 0.1) is 0 Å². The van der Waals surface area contributed by atoms with Gasteiger partial charge in [-0.25, -0.2) is 0 Å². The van der Waals surface area contributed by atoms with Gasteiger partial charge in [0.1, 0.15) is 0 Å². The molecule has 0 aromatic carbocycles. The van der Waals surface area contributed by atoms with Crippen molar-refractivity contribution in [2.24, 2.45) is 0 Å². The fourth-order valence-corrected chi connectivity index (χ4v) is 8.71. The van der Waals surface area contributed by atoms with Crippen molar-refractivity contribution in [3.63, 3.8) is 0 Å². The highest BCUT2D eigenvalue weighted by Gasteiger charge is 2.17. The Labute approximate surface area is 74.3 Å². The van der Waals surface area contributed by atoms with E-state index in [0.717, 1.165) is 11.5 Å². The van der Waals surface area contributed by atoms with Crippen LogP contribution in [-0.2, 0) is 4.57 Å². The normalized spacial score (nSPS) is 26.9. The van der Waals surface area contributed by atoms with Gasteiger partial charge in [-0.2, -0.15) is 11.8 Å². The highest BCUT2D eigenvalue weighted by atomic mass is 33.1. The summed E-state index contributed by atoms with van der Waals surface area (Å²) in [6.07, 6.45) is 0. The second-order valence-corrected chi connectivity index (χ2v) is 12.6. The second kappa shape index (κ2) is 4.34. The lowest BCUT2D eigenvalue weighted by molar-refractivity contribution is 0.597. The molecular weight excluding hydrogens is 203 g/mol. The summed E-state index contributed by atoms with van der Waals surface area (Å²) in [5.41, 5.74) is -1.84. The van der Waals surface area contributed by atoms with Crippen molar-refractivity contribution in [2.45, 2.75) is 0 Å². The smallest absolute Gasteiger partial charge is 0.188 e. The van der Waals surface area contributed by atoms with Crippen molar-refractivity contribution in [3.05, 3.63) is 0 Å². The third-order valence-corrected chi connectivity index (χ3v) is 10.1. The van der Waals surface area contributed by atoms with E-state index in [9.17, 15) is 4.57 Å². The monoisotopic (exact) mass is 214 g/mol. The standard InChI is InChI=1S/C5H11OPS3/c1-7(6)9-4-2-8-3-5-10-7/h2-5H2,1H3. The van der Waals surface area contributed by atoms with E-state index >= 15 is 0 Å². The number of rotatable bonds is 0. The molecule has 0 aromatic heterocycles. The average Bonchev–Trinajstić information content (AvgIpc) is 1.81. The molecule has 10 heavy (non-hydrogen) atoms. The molecule has 60 valence electrons. The van der Waals surface area contributed by atoms with E-state index in [2.05, 4.69) is 0 Å². The van der Waals surface area contributed by atoms with Crippen molar-refractivity contribution in [3.8, 4) is 0 Å². The Morgan fingerprint density at radius 3 is 2.10 bits per heavy atom. The van der Waals surface area contributed by atoms with Crippen molar-refractivity contribution >= 4 is 40.1 Å². The third kappa shape index (κ3) is 3.61. The van der Waals surface area contributed by atoms with E-state index in [0.29, 0.717) is 0 Å². The molecule has 0 saturated carbocycles. The van der Waals surface area contributed by atoms with E-state index in [1.54, 1.807) is 22.8 Å². The van der Waals surface area contributed by atoms with Gasteiger partial charge in [0.25, 0.3) is 0 Å². The lowest BCUT2D eigenvalue weighted by atomic mass is 10.9. The van der Waals surface area contributed by atoms with Crippen LogP contribution in [0.4, 0.5) is 0 Å². The van der Waals surface area contributed by atoms with Gasteiger partial charge >= 0.3 is 0 Å². The van der Waals surface area contributed by atoms with Crippen LogP contribution >= 0.6 is 40.1 Å². The Hall–Kier alpha value is 1.28. The lowest BCUT2D eigenvalue weighted by Gasteiger charge is -2.14. The van der Waals surface area contributed by atoms with Gasteiger partial charge in [0.2, 0.25) is 0 Å². The van der Waals surface area contributed by atoms with Gasteiger partial charge in [-0.15, -0.1) is 0 Å². The van der Waals surface area contributed by atoms with Crippen molar-refractivity contribution in [1.29, 1.82) is 0 Å². The van der Waals surface area contributed by atoms with Gasteiger partial charge in [0.15, 0.2) is 5.55 Å². The van der Waals surface area contributed by atoms with Crippen molar-refractivity contribution in [1.82, 2.24) is 0 Å². The van der Waals surface area contributed by atoms with Crippen LogP contribution in [0.2, 0.25) is 0 Å². The lowest BCUT2D eigenvalue weighted by Crippen LogP contribution is -1.92. The molecule has 1 saturated heterocycles. The SMILES string of the molecule is CP1(=O)SCCSCCS1. The Morgan fingerprint density at radius 1 is 1.10 bits per heavy atom. The molecule has 0 bridgehead atoms. The zero-order valence-corrected chi connectivity index (χ0v) is 9.25. The van der Waals surface area contributed by atoms with Crippen molar-refractivity contribution < 1.29 is 4.57 Å². The number of hydrogen-bond donors (Lipinski definition) is 0. The number of thioether (sulfide) groups is 1. The minimum absolute atomic E-state index is 1.06. The molecule has 1 aliphatic rings. The molecule has 1 nitrogen and oxygen atoms in total. The molecule has 0 aliphatic carbocycles. The van der Waals surface area contributed by atoms with Gasteiger partial charge in [0, 0.05) is 29.7 Å². The molecule has 0 atom stereocenters. The molecule has 1 fully saturated rings. The van der Waals surface area contributed by atoms with E-state index < -0.39 is 5.55 Å². The first-order valence-electron chi connectivity index (χ1n) is 3.15. The predicted molar refractivity (Wildman–Crippen MR) is 55.8 cm³/mol. The summed E-state index contributed by atoms with van der Waals surface area (Å²) in [5.74, 6) is 4.46. The van der Waals surface area contributed by atoms with E-state index in [1.165, 1.54) is 11.5 Å². The molecule has 1 heterocycles. The molecule has 0 aromatic rings. The zero-order valence-electron chi connectivity index (χ0n) is 5.91. The molecular formula is C5H11OPS3. The van der Waals surface area contributed by atoms with Gasteiger partial charge in [-0.1, -0.05) is 22.8 Å². The summed E-state index contributed by atoms with van der Waals surface area (Å²) < 4.78 is 11.5. The van der Waals surface area contributed by atoms with Crippen LogP contribution in [0.25, 0.3) is 0 Å². The van der Waals surface area contributed by atoms with E-state index in [1.807, 2.05) is 18.4 Å². The largest absolute Gasteiger partial charge is 0.301 e. The molecule has 0 amide bonds. The zero-order chi connectivity index (χ0) is 7.45. The fraction of sp³-hybridized carbons (Fsp3) is 1.00. The average molecular weight is 214 g/mol. The first kappa shape index (κ1) is 9.37. The summed E-state index contributed by atoms with van der Waals surface area (Å²) in [6, 6.07) is 0. The molecule has 1 aliphatic heterocycles. The van der Waals surface area contributed by atoms with Crippen LogP contribution in [-0.4, -0.2) is 29.7 Å². The molecule has 5 heteroatoms. The van der Waals surface area contributed by atoms with Crippen LogP contribution in [0.3, 0.4) is 0 Å². The van der Waals surface area contributed by atoms with E-state index in [-0.39, 0.29) is 0 Å². The highest BCUT2D eigenvalue weighted by Crippen LogP contribution is 2.66. The summed E-state index contributed by atoms with van der Waals surface area (Å²) in [5, 5.41) is 0. The molecule has 1 rings (SSSR count). The second-order valence-electron chi connectivity index (χ2n) is 2.05. The Morgan fingerprint density at radius 2 is 1.60 bits per heavy atom. The highest BCUT2D eigenvalue weighted by molar-refractivity contribution is 8.90. The summed E-state index contributed by atoms with van der Waals surface area (Å²) in [4.78, 5) is 0. The van der Waals surface area contributed by atoms with Crippen LogP contribution in [0.1, 0.15) is 0 Å². The van der Waals surface area contributed by atoms with Gasteiger partial charge < -0.3 is 4.57 Å². The summed E-state index contributed by atoms with van der Waals surface area (Å²) in [7, 11) is 0. The van der Waals surface area contributed by atoms with Gasteiger partial charge in [-0.3, -0.25) is 0 Å². The first-order chi connectivity index (χ1) is 4.71. The van der Waals surface area contributed by atoms with E-state index in [4.69, 9.17) is 0 Å². The topological polar surface area (TPSA) is 17.1 Å². The van der Waals surface area contributed by atoms with Gasteiger partial charge in [-0.05, 0) is 0 Å². The fourth-order valence-electron chi connectivity index (χ4n) is 0.663. The molecule has 0 N–H and O–H groups in total. The minimum atomic E-state index is -1.84. The summed E-state index contributed by atoms with van der Waals surface area (Å²) in [6.45, 7) is 1.89. The number of hydrogen-bond acceptors (Lipinski definition) is 4. The quantitative estimate of drug-likeness (QED) is 0.576. The Kier molecular flexibility index (Phi) is 4.07. The molecule has 0 spiro atoms. The van der Waals surface area contributed by atoms with Crippen LogP contribution in [0, 0.1) is 0 Å². The Bertz CT molecular complexity index is 138. The third-order valence-electron chi connectivity index (χ3n) is 1.11. The van der Waals surface area contributed by atoms with Crippen LogP contribution < -0.4 is 0 Å². The maximum Gasteiger partial charge on any atom is 0.188 e. The Balaban J connectivity index is 2.38. The van der Waals surface area contributed by atoms with Crippen LogP contribution in [0.5, 0.6) is 0 Å². The predicted octanol–water partition coefficient (Wildman–Crippen LogP) is 3.02. The molecule has 0 radical (unpaired) electrons. The van der Waals surface area contributed by atoms with Crippen LogP contribution in [0.15, 0.2) is 0 Å². The maximum absolute atomic E-state index is 11.5. The first-order valence-corrected chi connectivity index (χ1v) is 9.64. The maximum atomic E-state index is 11.5. The minimum Gasteiger partial charge on any atom is -0.301 e. The summed E-state index contributed by atoms with van der Waals surface area (Å²) >= 11 is 5.27.